The van der Waals surface area contributed by atoms with E-state index in [1.807, 2.05) is 13.8 Å². The minimum absolute atomic E-state index is 0.00376. The molecule has 0 unspecified atom stereocenters. The lowest BCUT2D eigenvalue weighted by Gasteiger charge is -2.19. The lowest BCUT2D eigenvalue weighted by Crippen LogP contribution is -2.19. The van der Waals surface area contributed by atoms with Crippen molar-refractivity contribution in [2.75, 3.05) is 0 Å². The molecule has 1 aromatic heterocycles. The van der Waals surface area contributed by atoms with E-state index in [1.54, 1.807) is 13.0 Å². The molecule has 2 aromatic rings. The SMILES string of the molecule is Cc1cc(F)cc(-c2nnc(CC(C)(C)CC(=O)O)o2)c1. The Morgan fingerprint density at radius 2 is 2.05 bits per heavy atom. The van der Waals surface area contributed by atoms with Gasteiger partial charge in [-0.05, 0) is 36.1 Å². The molecule has 0 radical (unpaired) electrons. The molecule has 0 atom stereocenters. The highest BCUT2D eigenvalue weighted by atomic mass is 19.1. The molecule has 0 fully saturated rings. The molecule has 0 aliphatic heterocycles. The predicted octanol–water partition coefficient (Wildman–Crippen LogP) is 3.23. The van der Waals surface area contributed by atoms with Gasteiger partial charge in [-0.3, -0.25) is 4.79 Å². The molecule has 1 aromatic carbocycles. The Morgan fingerprint density at radius 1 is 1.33 bits per heavy atom. The highest BCUT2D eigenvalue weighted by Gasteiger charge is 2.25. The summed E-state index contributed by atoms with van der Waals surface area (Å²) in [6.07, 6.45) is 0.352. The minimum atomic E-state index is -0.875. The van der Waals surface area contributed by atoms with Crippen molar-refractivity contribution >= 4 is 5.97 Å². The van der Waals surface area contributed by atoms with Gasteiger partial charge in [0.15, 0.2) is 0 Å². The molecule has 0 aliphatic carbocycles. The second kappa shape index (κ2) is 5.63. The van der Waals surface area contributed by atoms with Crippen LogP contribution < -0.4 is 0 Å². The summed E-state index contributed by atoms with van der Waals surface area (Å²) in [6.45, 7) is 5.41. The Bertz CT molecular complexity index is 644. The summed E-state index contributed by atoms with van der Waals surface area (Å²) >= 11 is 0. The number of hydrogen-bond donors (Lipinski definition) is 1. The first kappa shape index (κ1) is 15.2. The monoisotopic (exact) mass is 292 g/mol. The fourth-order valence-corrected chi connectivity index (χ4v) is 2.18. The van der Waals surface area contributed by atoms with Gasteiger partial charge in [-0.1, -0.05) is 13.8 Å². The van der Waals surface area contributed by atoms with Gasteiger partial charge < -0.3 is 9.52 Å². The van der Waals surface area contributed by atoms with Crippen LogP contribution in [0.25, 0.3) is 11.5 Å². The fourth-order valence-electron chi connectivity index (χ4n) is 2.18. The number of aliphatic carboxylic acids is 1. The highest BCUT2D eigenvalue weighted by Crippen LogP contribution is 2.27. The highest BCUT2D eigenvalue weighted by molar-refractivity contribution is 5.67. The van der Waals surface area contributed by atoms with Crippen molar-refractivity contribution in [3.05, 3.63) is 35.5 Å². The third-order valence-electron chi connectivity index (χ3n) is 3.02. The van der Waals surface area contributed by atoms with Crippen molar-refractivity contribution in [3.63, 3.8) is 0 Å². The van der Waals surface area contributed by atoms with E-state index >= 15 is 0 Å². The van der Waals surface area contributed by atoms with Crippen LogP contribution in [0.3, 0.4) is 0 Å². The summed E-state index contributed by atoms with van der Waals surface area (Å²) in [5.41, 5.74) is 0.784. The first-order valence-electron chi connectivity index (χ1n) is 6.57. The number of hydrogen-bond acceptors (Lipinski definition) is 4. The molecule has 112 valence electrons. The van der Waals surface area contributed by atoms with Crippen LogP contribution in [-0.2, 0) is 11.2 Å². The zero-order valence-corrected chi connectivity index (χ0v) is 12.2. The lowest BCUT2D eigenvalue weighted by molar-refractivity contribution is -0.139. The molecular weight excluding hydrogens is 275 g/mol. The van der Waals surface area contributed by atoms with Crippen molar-refractivity contribution in [1.82, 2.24) is 10.2 Å². The van der Waals surface area contributed by atoms with Crippen LogP contribution in [-0.4, -0.2) is 21.3 Å². The van der Waals surface area contributed by atoms with Gasteiger partial charge in [-0.15, -0.1) is 10.2 Å². The first-order chi connectivity index (χ1) is 9.75. The number of rotatable bonds is 5. The Morgan fingerprint density at radius 3 is 2.67 bits per heavy atom. The average Bonchev–Trinajstić information content (AvgIpc) is 2.73. The summed E-state index contributed by atoms with van der Waals surface area (Å²) < 4.78 is 18.9. The van der Waals surface area contributed by atoms with Crippen molar-refractivity contribution in [1.29, 1.82) is 0 Å². The smallest absolute Gasteiger partial charge is 0.303 e. The van der Waals surface area contributed by atoms with Crippen LogP contribution in [0.4, 0.5) is 4.39 Å². The number of carboxylic acids is 1. The van der Waals surface area contributed by atoms with E-state index in [9.17, 15) is 9.18 Å². The van der Waals surface area contributed by atoms with E-state index in [-0.39, 0.29) is 18.1 Å². The van der Waals surface area contributed by atoms with Crippen molar-refractivity contribution in [3.8, 4) is 11.5 Å². The Balaban J connectivity index is 2.20. The number of carboxylic acid groups (broad SMARTS) is 1. The van der Waals surface area contributed by atoms with E-state index in [2.05, 4.69) is 10.2 Å². The molecule has 0 amide bonds. The molecule has 6 heteroatoms. The van der Waals surface area contributed by atoms with Gasteiger partial charge in [0.2, 0.25) is 11.8 Å². The summed E-state index contributed by atoms with van der Waals surface area (Å²) in [4.78, 5) is 10.8. The number of carbonyl (C=O) groups is 1. The minimum Gasteiger partial charge on any atom is -0.481 e. The third kappa shape index (κ3) is 4.11. The quantitative estimate of drug-likeness (QED) is 0.915. The van der Waals surface area contributed by atoms with Gasteiger partial charge in [0.1, 0.15) is 5.82 Å². The molecule has 1 heterocycles. The maximum absolute atomic E-state index is 13.4. The summed E-state index contributed by atoms with van der Waals surface area (Å²) in [6, 6.07) is 4.49. The predicted molar refractivity (Wildman–Crippen MR) is 74.2 cm³/mol. The number of benzene rings is 1. The third-order valence-corrected chi connectivity index (χ3v) is 3.02. The summed E-state index contributed by atoms with van der Waals surface area (Å²) in [7, 11) is 0. The summed E-state index contributed by atoms with van der Waals surface area (Å²) in [5.74, 6) is -0.659. The topological polar surface area (TPSA) is 76.2 Å². The molecular formula is C15H17FN2O3. The molecule has 2 rings (SSSR count). The van der Waals surface area contributed by atoms with Gasteiger partial charge in [0, 0.05) is 12.0 Å². The van der Waals surface area contributed by atoms with Crippen LogP contribution in [0.5, 0.6) is 0 Å². The lowest BCUT2D eigenvalue weighted by atomic mass is 9.86. The second-order valence-corrected chi connectivity index (χ2v) is 5.93. The number of aryl methyl sites for hydroxylation is 1. The van der Waals surface area contributed by atoms with E-state index in [0.717, 1.165) is 5.56 Å². The number of aromatic nitrogens is 2. The molecule has 1 N–H and O–H groups in total. The average molecular weight is 292 g/mol. The molecule has 21 heavy (non-hydrogen) atoms. The molecule has 5 nitrogen and oxygen atoms in total. The maximum Gasteiger partial charge on any atom is 0.303 e. The first-order valence-corrected chi connectivity index (χ1v) is 6.57. The van der Waals surface area contributed by atoms with E-state index in [4.69, 9.17) is 9.52 Å². The molecule has 0 saturated heterocycles. The molecule has 0 aliphatic rings. The van der Waals surface area contributed by atoms with Gasteiger partial charge in [-0.25, -0.2) is 4.39 Å². The Labute approximate surface area is 121 Å². The number of halogens is 1. The van der Waals surface area contributed by atoms with Crippen LogP contribution in [0.2, 0.25) is 0 Å². The molecule has 0 saturated carbocycles. The largest absolute Gasteiger partial charge is 0.481 e. The van der Waals surface area contributed by atoms with Crippen LogP contribution in [0.1, 0.15) is 31.7 Å². The Kier molecular flexibility index (Phi) is 4.06. The van der Waals surface area contributed by atoms with Gasteiger partial charge in [0.05, 0.1) is 6.42 Å². The van der Waals surface area contributed by atoms with Gasteiger partial charge in [0.25, 0.3) is 0 Å². The molecule has 0 spiro atoms. The van der Waals surface area contributed by atoms with Crippen LogP contribution in [0.15, 0.2) is 22.6 Å². The van der Waals surface area contributed by atoms with Crippen molar-refractivity contribution in [2.24, 2.45) is 5.41 Å². The number of nitrogens with zero attached hydrogens (tertiary/aromatic N) is 2. The van der Waals surface area contributed by atoms with Crippen molar-refractivity contribution in [2.45, 2.75) is 33.6 Å². The van der Waals surface area contributed by atoms with Gasteiger partial charge in [-0.2, -0.15) is 0 Å². The fraction of sp³-hybridized carbons (Fsp3) is 0.400. The zero-order valence-electron chi connectivity index (χ0n) is 12.2. The molecule has 0 bridgehead atoms. The van der Waals surface area contributed by atoms with Crippen molar-refractivity contribution < 1.29 is 18.7 Å². The van der Waals surface area contributed by atoms with E-state index in [0.29, 0.717) is 17.9 Å². The van der Waals surface area contributed by atoms with E-state index < -0.39 is 11.4 Å². The Hall–Kier alpha value is -2.24. The van der Waals surface area contributed by atoms with Crippen LogP contribution in [0, 0.1) is 18.2 Å². The maximum atomic E-state index is 13.4. The van der Waals surface area contributed by atoms with Gasteiger partial charge >= 0.3 is 5.97 Å². The zero-order chi connectivity index (χ0) is 15.6. The second-order valence-electron chi connectivity index (χ2n) is 5.93. The normalized spacial score (nSPS) is 11.6. The van der Waals surface area contributed by atoms with E-state index in [1.165, 1.54) is 12.1 Å². The summed E-state index contributed by atoms with van der Waals surface area (Å²) in [5, 5.41) is 16.7. The van der Waals surface area contributed by atoms with Crippen LogP contribution >= 0.6 is 0 Å². The standard InChI is InChI=1S/C15H17FN2O3/c1-9-4-10(6-11(16)5-9)14-18-17-12(21-14)7-15(2,3)8-13(19)20/h4-6H,7-8H2,1-3H3,(H,19,20).